The van der Waals surface area contributed by atoms with Gasteiger partial charge < -0.3 is 4.90 Å². The highest BCUT2D eigenvalue weighted by Crippen LogP contribution is 2.36. The number of thiophene rings is 1. The van der Waals surface area contributed by atoms with Gasteiger partial charge in [-0.15, -0.1) is 21.5 Å². The topological polar surface area (TPSA) is 71.3 Å². The Balaban J connectivity index is 1.69. The summed E-state index contributed by atoms with van der Waals surface area (Å²) in [4.78, 5) is 3.49. The Hall–Kier alpha value is -1.10. The first-order valence-corrected chi connectivity index (χ1v) is 12.2. The molecule has 0 saturated carbocycles. The first-order valence-electron chi connectivity index (χ1n) is 8.29. The van der Waals surface area contributed by atoms with Crippen LogP contribution in [0.1, 0.15) is 23.2 Å². The van der Waals surface area contributed by atoms with Crippen LogP contribution >= 0.6 is 23.1 Å². The summed E-state index contributed by atoms with van der Waals surface area (Å²) in [6.07, 6.45) is 2.06. The fraction of sp³-hybridized carbons (Fsp3) is 0.600. The van der Waals surface area contributed by atoms with Gasteiger partial charge in [-0.2, -0.15) is 16.1 Å². The van der Waals surface area contributed by atoms with Crippen LogP contribution in [0, 0.1) is 0 Å². The molecular formula is C15H21N5O2S3. The predicted octanol–water partition coefficient (Wildman–Crippen LogP) is 1.65. The van der Waals surface area contributed by atoms with Gasteiger partial charge in [0.2, 0.25) is 16.0 Å². The average molecular weight is 400 g/mol. The van der Waals surface area contributed by atoms with Crippen molar-refractivity contribution in [2.75, 3.05) is 42.3 Å². The standard InChI is InChI=1S/C15H21N5O2S3/c1-25(21,22)20-5-4-13(20)14-16-17-15(18-6-9-23-10-7-18)19(14)11-12-3-2-8-24-12/h2-3,8,13H,4-7,9-11H2,1H3. The zero-order valence-corrected chi connectivity index (χ0v) is 16.5. The molecule has 0 radical (unpaired) electrons. The number of anilines is 1. The van der Waals surface area contributed by atoms with E-state index in [0.717, 1.165) is 42.8 Å². The van der Waals surface area contributed by atoms with Gasteiger partial charge in [-0.3, -0.25) is 4.57 Å². The van der Waals surface area contributed by atoms with Crippen molar-refractivity contribution >= 4 is 39.1 Å². The van der Waals surface area contributed by atoms with Crippen molar-refractivity contribution in [1.82, 2.24) is 19.1 Å². The Morgan fingerprint density at radius 2 is 2.04 bits per heavy atom. The van der Waals surface area contributed by atoms with Crippen LogP contribution < -0.4 is 4.90 Å². The molecule has 0 spiro atoms. The van der Waals surface area contributed by atoms with Gasteiger partial charge in [0, 0.05) is 36.0 Å². The molecule has 1 atom stereocenters. The van der Waals surface area contributed by atoms with E-state index in [1.54, 1.807) is 11.3 Å². The van der Waals surface area contributed by atoms with E-state index in [1.807, 2.05) is 17.8 Å². The number of hydrogen-bond donors (Lipinski definition) is 0. The molecule has 2 saturated heterocycles. The van der Waals surface area contributed by atoms with Gasteiger partial charge in [-0.05, 0) is 17.9 Å². The van der Waals surface area contributed by atoms with Crippen LogP contribution in [-0.2, 0) is 16.6 Å². The first kappa shape index (κ1) is 17.3. The average Bonchev–Trinajstić information content (AvgIpc) is 3.17. The zero-order valence-electron chi connectivity index (χ0n) is 14.0. The summed E-state index contributed by atoms with van der Waals surface area (Å²) >= 11 is 3.65. The maximum Gasteiger partial charge on any atom is 0.227 e. The SMILES string of the molecule is CS(=O)(=O)N1CCC1c1nnc(N2CCSCC2)n1Cc1cccs1. The summed E-state index contributed by atoms with van der Waals surface area (Å²) in [5, 5.41) is 10.9. The van der Waals surface area contributed by atoms with Crippen molar-refractivity contribution in [3.05, 3.63) is 28.2 Å². The minimum absolute atomic E-state index is 0.199. The summed E-state index contributed by atoms with van der Waals surface area (Å²) in [7, 11) is -3.22. The second-order valence-electron chi connectivity index (χ2n) is 6.30. The minimum Gasteiger partial charge on any atom is -0.339 e. The van der Waals surface area contributed by atoms with Crippen molar-refractivity contribution in [3.8, 4) is 0 Å². The van der Waals surface area contributed by atoms with Crippen LogP contribution in [0.5, 0.6) is 0 Å². The van der Waals surface area contributed by atoms with Gasteiger partial charge in [-0.1, -0.05) is 6.07 Å². The van der Waals surface area contributed by atoms with Crippen LogP contribution in [-0.4, -0.2) is 64.9 Å². The van der Waals surface area contributed by atoms with E-state index in [2.05, 4.69) is 31.1 Å². The number of rotatable bonds is 5. The van der Waals surface area contributed by atoms with Crippen molar-refractivity contribution in [1.29, 1.82) is 0 Å². The molecule has 0 amide bonds. The lowest BCUT2D eigenvalue weighted by molar-refractivity contribution is 0.189. The van der Waals surface area contributed by atoms with E-state index in [-0.39, 0.29) is 6.04 Å². The molecule has 4 rings (SSSR count). The smallest absolute Gasteiger partial charge is 0.227 e. The summed E-state index contributed by atoms with van der Waals surface area (Å²) in [5.41, 5.74) is 0. The predicted molar refractivity (Wildman–Crippen MR) is 102 cm³/mol. The second kappa shape index (κ2) is 6.90. The van der Waals surface area contributed by atoms with E-state index in [4.69, 9.17) is 0 Å². The van der Waals surface area contributed by atoms with Gasteiger partial charge >= 0.3 is 0 Å². The molecule has 7 nitrogen and oxygen atoms in total. The Kier molecular flexibility index (Phi) is 4.78. The van der Waals surface area contributed by atoms with E-state index in [0.29, 0.717) is 13.1 Å². The molecule has 0 aromatic carbocycles. The van der Waals surface area contributed by atoms with Gasteiger partial charge in [0.15, 0.2) is 5.82 Å². The molecular weight excluding hydrogens is 378 g/mol. The first-order chi connectivity index (χ1) is 12.0. The maximum atomic E-state index is 12.0. The third-order valence-corrected chi connectivity index (χ3v) is 7.74. The Bertz CT molecular complexity index is 827. The molecule has 0 bridgehead atoms. The fourth-order valence-corrected chi connectivity index (χ4v) is 5.97. The molecule has 10 heteroatoms. The van der Waals surface area contributed by atoms with Crippen LogP contribution in [0.2, 0.25) is 0 Å². The molecule has 2 aromatic rings. The number of sulfonamides is 1. The highest BCUT2D eigenvalue weighted by atomic mass is 32.2. The fourth-order valence-electron chi connectivity index (χ4n) is 3.28. The van der Waals surface area contributed by atoms with Crippen molar-refractivity contribution in [3.63, 3.8) is 0 Å². The molecule has 4 heterocycles. The molecule has 1 unspecified atom stereocenters. The second-order valence-corrected chi connectivity index (χ2v) is 10.5. The van der Waals surface area contributed by atoms with Crippen LogP contribution in [0.15, 0.2) is 17.5 Å². The van der Waals surface area contributed by atoms with Gasteiger partial charge in [0.1, 0.15) is 0 Å². The molecule has 0 aliphatic carbocycles. The third-order valence-electron chi connectivity index (χ3n) is 4.64. The largest absolute Gasteiger partial charge is 0.339 e. The lowest BCUT2D eigenvalue weighted by atomic mass is 10.1. The van der Waals surface area contributed by atoms with E-state index in [1.165, 1.54) is 15.4 Å². The van der Waals surface area contributed by atoms with Crippen LogP contribution in [0.25, 0.3) is 0 Å². The molecule has 25 heavy (non-hydrogen) atoms. The monoisotopic (exact) mass is 399 g/mol. The van der Waals surface area contributed by atoms with Gasteiger partial charge in [-0.25, -0.2) is 8.42 Å². The number of nitrogens with zero attached hydrogens (tertiary/aromatic N) is 5. The summed E-state index contributed by atoms with van der Waals surface area (Å²) < 4.78 is 27.6. The Morgan fingerprint density at radius 1 is 1.24 bits per heavy atom. The number of thioether (sulfide) groups is 1. The van der Waals surface area contributed by atoms with E-state index in [9.17, 15) is 8.42 Å². The molecule has 2 aliphatic rings. The Morgan fingerprint density at radius 3 is 2.64 bits per heavy atom. The number of hydrogen-bond acceptors (Lipinski definition) is 7. The highest BCUT2D eigenvalue weighted by Gasteiger charge is 2.40. The van der Waals surface area contributed by atoms with Crippen molar-refractivity contribution in [2.45, 2.75) is 19.0 Å². The number of aromatic nitrogens is 3. The van der Waals surface area contributed by atoms with Crippen LogP contribution in [0.3, 0.4) is 0 Å². The summed E-state index contributed by atoms with van der Waals surface area (Å²) in [6, 6.07) is 3.93. The van der Waals surface area contributed by atoms with Gasteiger partial charge in [0.05, 0.1) is 18.8 Å². The molecule has 2 aliphatic heterocycles. The maximum absolute atomic E-state index is 12.0. The highest BCUT2D eigenvalue weighted by molar-refractivity contribution is 7.99. The van der Waals surface area contributed by atoms with Crippen molar-refractivity contribution in [2.24, 2.45) is 0 Å². The van der Waals surface area contributed by atoms with E-state index < -0.39 is 10.0 Å². The van der Waals surface area contributed by atoms with Crippen molar-refractivity contribution < 1.29 is 8.42 Å². The lowest BCUT2D eigenvalue weighted by Gasteiger charge is -2.38. The molecule has 136 valence electrons. The Labute approximate surface area is 156 Å². The van der Waals surface area contributed by atoms with Gasteiger partial charge in [0.25, 0.3) is 0 Å². The van der Waals surface area contributed by atoms with E-state index >= 15 is 0 Å². The summed E-state index contributed by atoms with van der Waals surface area (Å²) in [6.45, 7) is 3.15. The zero-order chi connectivity index (χ0) is 17.4. The lowest BCUT2D eigenvalue weighted by Crippen LogP contribution is -2.45. The normalized spacial score (nSPS) is 22.1. The minimum atomic E-state index is -3.22. The molecule has 0 N–H and O–H groups in total. The third kappa shape index (κ3) is 3.44. The summed E-state index contributed by atoms with van der Waals surface area (Å²) in [5.74, 6) is 3.79. The quantitative estimate of drug-likeness (QED) is 0.761. The molecule has 2 fully saturated rings. The van der Waals surface area contributed by atoms with Crippen LogP contribution in [0.4, 0.5) is 5.95 Å². The molecule has 2 aromatic heterocycles.